The standard InChI is InChI=1S/C19H19Cl3N2O5S/c1-28-13-2-4-14(5-3-13)30(26,27)24-8-6-12(7-9-24)23-19(25)29-18-11-16(21)15(20)10-17(18)22/h2-5,10-12H,6-9H2,1H3,(H,23,25). The van der Waals surface area contributed by atoms with Crippen molar-refractivity contribution in [2.45, 2.75) is 23.8 Å². The van der Waals surface area contributed by atoms with Crippen LogP contribution in [0.4, 0.5) is 4.79 Å². The van der Waals surface area contributed by atoms with E-state index in [-0.39, 0.29) is 44.8 Å². The van der Waals surface area contributed by atoms with Crippen LogP contribution in [0, 0.1) is 0 Å². The van der Waals surface area contributed by atoms with Gasteiger partial charge in [0.25, 0.3) is 0 Å². The van der Waals surface area contributed by atoms with Crippen molar-refractivity contribution in [2.24, 2.45) is 0 Å². The number of halogens is 3. The van der Waals surface area contributed by atoms with Gasteiger partial charge in [0.15, 0.2) is 5.75 Å². The minimum Gasteiger partial charge on any atom is -0.497 e. The van der Waals surface area contributed by atoms with E-state index in [2.05, 4.69) is 5.32 Å². The van der Waals surface area contributed by atoms with Crippen LogP contribution >= 0.6 is 34.8 Å². The fraction of sp³-hybridized carbons (Fsp3) is 0.316. The van der Waals surface area contributed by atoms with Crippen LogP contribution in [-0.2, 0) is 10.0 Å². The average molecular weight is 494 g/mol. The lowest BCUT2D eigenvalue weighted by molar-refractivity contribution is 0.189. The van der Waals surface area contributed by atoms with Crippen molar-refractivity contribution in [2.75, 3.05) is 20.2 Å². The Hall–Kier alpha value is -1.71. The van der Waals surface area contributed by atoms with E-state index in [1.165, 1.54) is 35.7 Å². The van der Waals surface area contributed by atoms with Gasteiger partial charge in [-0.2, -0.15) is 4.31 Å². The first kappa shape index (κ1) is 23.0. The van der Waals surface area contributed by atoms with Crippen LogP contribution in [0.25, 0.3) is 0 Å². The Labute approximate surface area is 189 Å². The number of amides is 1. The molecule has 1 heterocycles. The number of rotatable bonds is 5. The molecule has 1 fully saturated rings. The first-order chi connectivity index (χ1) is 14.2. The monoisotopic (exact) mass is 492 g/mol. The number of methoxy groups -OCH3 is 1. The quantitative estimate of drug-likeness (QED) is 0.616. The van der Waals surface area contributed by atoms with Crippen LogP contribution in [0.1, 0.15) is 12.8 Å². The number of hydrogen-bond acceptors (Lipinski definition) is 5. The number of nitrogens with zero attached hydrogens (tertiary/aromatic N) is 1. The van der Waals surface area contributed by atoms with E-state index < -0.39 is 16.1 Å². The predicted molar refractivity (Wildman–Crippen MR) is 115 cm³/mol. The summed E-state index contributed by atoms with van der Waals surface area (Å²) in [4.78, 5) is 12.4. The Morgan fingerprint density at radius 1 is 1.03 bits per heavy atom. The van der Waals surface area contributed by atoms with Gasteiger partial charge in [0.1, 0.15) is 5.75 Å². The van der Waals surface area contributed by atoms with Crippen LogP contribution in [-0.4, -0.2) is 45.1 Å². The van der Waals surface area contributed by atoms with E-state index in [0.29, 0.717) is 18.6 Å². The van der Waals surface area contributed by atoms with E-state index in [1.807, 2.05) is 0 Å². The highest BCUT2D eigenvalue weighted by atomic mass is 35.5. The van der Waals surface area contributed by atoms with Crippen LogP contribution in [0.5, 0.6) is 11.5 Å². The van der Waals surface area contributed by atoms with Gasteiger partial charge in [-0.05, 0) is 43.2 Å². The van der Waals surface area contributed by atoms with Crippen molar-refractivity contribution >= 4 is 50.9 Å². The summed E-state index contributed by atoms with van der Waals surface area (Å²) < 4.78 is 37.2. The van der Waals surface area contributed by atoms with E-state index in [9.17, 15) is 13.2 Å². The fourth-order valence-electron chi connectivity index (χ4n) is 3.02. The van der Waals surface area contributed by atoms with E-state index >= 15 is 0 Å². The Morgan fingerprint density at radius 2 is 1.63 bits per heavy atom. The molecule has 0 atom stereocenters. The predicted octanol–water partition coefficient (Wildman–Crippen LogP) is 4.60. The summed E-state index contributed by atoms with van der Waals surface area (Å²) in [6.45, 7) is 0.541. The van der Waals surface area contributed by atoms with Crippen LogP contribution in [0.3, 0.4) is 0 Å². The van der Waals surface area contributed by atoms with Crippen molar-refractivity contribution in [3.05, 3.63) is 51.5 Å². The van der Waals surface area contributed by atoms with Gasteiger partial charge in [-0.3, -0.25) is 0 Å². The molecule has 2 aromatic carbocycles. The van der Waals surface area contributed by atoms with Crippen molar-refractivity contribution in [3.63, 3.8) is 0 Å². The van der Waals surface area contributed by atoms with E-state index in [4.69, 9.17) is 44.3 Å². The van der Waals surface area contributed by atoms with Crippen molar-refractivity contribution in [1.82, 2.24) is 9.62 Å². The molecule has 3 rings (SSSR count). The Balaban J connectivity index is 1.56. The third kappa shape index (κ3) is 5.31. The van der Waals surface area contributed by atoms with Gasteiger partial charge in [-0.1, -0.05) is 34.8 Å². The van der Waals surface area contributed by atoms with E-state index in [0.717, 1.165) is 0 Å². The highest BCUT2D eigenvalue weighted by molar-refractivity contribution is 7.89. The maximum Gasteiger partial charge on any atom is 0.412 e. The number of nitrogens with one attached hydrogen (secondary N) is 1. The summed E-state index contributed by atoms with van der Waals surface area (Å²) in [6.07, 6.45) is 0.186. The highest BCUT2D eigenvalue weighted by Crippen LogP contribution is 2.34. The zero-order valence-corrected chi connectivity index (χ0v) is 19.0. The number of benzene rings is 2. The molecule has 0 aromatic heterocycles. The van der Waals surface area contributed by atoms with Crippen LogP contribution < -0.4 is 14.8 Å². The summed E-state index contributed by atoms with van der Waals surface area (Å²) in [5.74, 6) is 0.667. The van der Waals surface area contributed by atoms with Crippen LogP contribution in [0.15, 0.2) is 41.3 Å². The molecular weight excluding hydrogens is 475 g/mol. The summed E-state index contributed by atoms with van der Waals surface area (Å²) in [5.41, 5.74) is 0. The first-order valence-electron chi connectivity index (χ1n) is 8.98. The summed E-state index contributed by atoms with van der Waals surface area (Å²) in [6, 6.07) is 8.73. The number of piperidine rings is 1. The molecule has 1 N–H and O–H groups in total. The molecule has 0 spiro atoms. The molecule has 11 heteroatoms. The highest BCUT2D eigenvalue weighted by Gasteiger charge is 2.30. The second-order valence-corrected chi connectivity index (χ2v) is 9.74. The van der Waals surface area contributed by atoms with Crippen molar-refractivity contribution in [3.8, 4) is 11.5 Å². The van der Waals surface area contributed by atoms with Gasteiger partial charge >= 0.3 is 6.09 Å². The lowest BCUT2D eigenvalue weighted by Gasteiger charge is -2.31. The molecule has 0 bridgehead atoms. The van der Waals surface area contributed by atoms with Crippen LogP contribution in [0.2, 0.25) is 15.1 Å². The van der Waals surface area contributed by atoms with E-state index in [1.54, 1.807) is 12.1 Å². The molecule has 1 aliphatic heterocycles. The minimum atomic E-state index is -3.61. The first-order valence-corrected chi connectivity index (χ1v) is 11.5. The van der Waals surface area contributed by atoms with Gasteiger partial charge in [0, 0.05) is 25.2 Å². The van der Waals surface area contributed by atoms with Crippen molar-refractivity contribution < 1.29 is 22.7 Å². The Bertz CT molecular complexity index is 1020. The lowest BCUT2D eigenvalue weighted by atomic mass is 10.1. The number of hydrogen-bond donors (Lipinski definition) is 1. The summed E-state index contributed by atoms with van der Waals surface area (Å²) >= 11 is 17.8. The third-order valence-electron chi connectivity index (χ3n) is 4.65. The number of sulfonamides is 1. The normalized spacial score (nSPS) is 15.6. The molecule has 7 nitrogen and oxygen atoms in total. The number of carbonyl (C=O) groups is 1. The Kier molecular flexibility index (Phi) is 7.36. The zero-order valence-electron chi connectivity index (χ0n) is 15.9. The summed E-state index contributed by atoms with van der Waals surface area (Å²) in [5, 5.41) is 3.33. The van der Waals surface area contributed by atoms with Gasteiger partial charge < -0.3 is 14.8 Å². The zero-order chi connectivity index (χ0) is 21.9. The van der Waals surface area contributed by atoms with Gasteiger partial charge in [0.05, 0.1) is 27.1 Å². The average Bonchev–Trinajstić information content (AvgIpc) is 2.72. The molecule has 0 unspecified atom stereocenters. The summed E-state index contributed by atoms with van der Waals surface area (Å²) in [7, 11) is -2.10. The molecular formula is C19H19Cl3N2O5S. The molecule has 1 saturated heterocycles. The molecule has 0 aliphatic carbocycles. The smallest absolute Gasteiger partial charge is 0.412 e. The molecule has 0 saturated carbocycles. The van der Waals surface area contributed by atoms with Crippen molar-refractivity contribution in [1.29, 1.82) is 0 Å². The Morgan fingerprint density at radius 3 is 2.23 bits per heavy atom. The second-order valence-electron chi connectivity index (χ2n) is 6.58. The van der Waals surface area contributed by atoms with Gasteiger partial charge in [-0.25, -0.2) is 13.2 Å². The minimum absolute atomic E-state index is 0.0862. The number of carbonyl (C=O) groups excluding carboxylic acids is 1. The molecule has 162 valence electrons. The maximum absolute atomic E-state index is 12.8. The molecule has 1 aliphatic rings. The number of ether oxygens (including phenoxy) is 2. The molecule has 2 aromatic rings. The molecule has 30 heavy (non-hydrogen) atoms. The third-order valence-corrected chi connectivity index (χ3v) is 7.58. The van der Waals surface area contributed by atoms with Gasteiger partial charge in [0.2, 0.25) is 10.0 Å². The SMILES string of the molecule is COc1ccc(S(=O)(=O)N2CCC(NC(=O)Oc3cc(Cl)c(Cl)cc3Cl)CC2)cc1. The lowest BCUT2D eigenvalue weighted by Crippen LogP contribution is -2.47. The topological polar surface area (TPSA) is 84.9 Å². The fourth-order valence-corrected chi connectivity index (χ4v) is 5.06. The largest absolute Gasteiger partial charge is 0.497 e. The maximum atomic E-state index is 12.8. The molecule has 1 amide bonds. The second kappa shape index (κ2) is 9.62. The molecule has 0 radical (unpaired) electrons. The van der Waals surface area contributed by atoms with Gasteiger partial charge in [-0.15, -0.1) is 0 Å².